The molecule has 1 aliphatic rings. The number of nitrogens with one attached hydrogen (secondary N) is 1. The molecule has 0 aromatic heterocycles. The average molecular weight is 247 g/mol. The van der Waals surface area contributed by atoms with E-state index in [2.05, 4.69) is 37.4 Å². The molecule has 0 aliphatic heterocycles. The van der Waals surface area contributed by atoms with Crippen molar-refractivity contribution < 1.29 is 4.74 Å². The van der Waals surface area contributed by atoms with E-state index >= 15 is 0 Å². The maximum Gasteiger partial charge on any atom is 0.142 e. The largest absolute Gasteiger partial charge is 0.492 e. The van der Waals surface area contributed by atoms with E-state index in [4.69, 9.17) is 4.74 Å². The molecule has 100 valence electrons. The Morgan fingerprint density at radius 2 is 2.17 bits per heavy atom. The van der Waals surface area contributed by atoms with Crippen molar-refractivity contribution in [2.75, 3.05) is 11.9 Å². The zero-order chi connectivity index (χ0) is 13.0. The molecule has 0 saturated heterocycles. The van der Waals surface area contributed by atoms with Crippen molar-refractivity contribution in [2.24, 2.45) is 5.92 Å². The Morgan fingerprint density at radius 1 is 1.33 bits per heavy atom. The molecule has 2 unspecified atom stereocenters. The van der Waals surface area contributed by atoms with E-state index in [0.717, 1.165) is 24.0 Å². The Labute approximate surface area is 111 Å². The van der Waals surface area contributed by atoms with Crippen LogP contribution in [-0.4, -0.2) is 12.6 Å². The number of hydrogen-bond donors (Lipinski definition) is 1. The van der Waals surface area contributed by atoms with Gasteiger partial charge in [-0.1, -0.05) is 25.8 Å². The molecule has 1 aliphatic carbocycles. The third-order valence-electron chi connectivity index (χ3n) is 3.73. The van der Waals surface area contributed by atoms with Crippen LogP contribution >= 0.6 is 0 Å². The van der Waals surface area contributed by atoms with E-state index in [1.165, 1.54) is 31.2 Å². The molecule has 1 aromatic rings. The van der Waals surface area contributed by atoms with Gasteiger partial charge in [-0.3, -0.25) is 0 Å². The first kappa shape index (κ1) is 13.3. The highest BCUT2D eigenvalue weighted by atomic mass is 16.5. The number of aryl methyl sites for hydroxylation is 1. The van der Waals surface area contributed by atoms with Crippen molar-refractivity contribution in [3.63, 3.8) is 0 Å². The summed E-state index contributed by atoms with van der Waals surface area (Å²) < 4.78 is 5.72. The monoisotopic (exact) mass is 247 g/mol. The van der Waals surface area contributed by atoms with Crippen molar-refractivity contribution in [2.45, 2.75) is 52.5 Å². The molecule has 0 amide bonds. The fourth-order valence-corrected chi connectivity index (χ4v) is 2.81. The molecule has 1 N–H and O–H groups in total. The summed E-state index contributed by atoms with van der Waals surface area (Å²) in [5.41, 5.74) is 2.41. The van der Waals surface area contributed by atoms with Crippen molar-refractivity contribution in [3.05, 3.63) is 23.8 Å². The van der Waals surface area contributed by atoms with Gasteiger partial charge in [0, 0.05) is 6.04 Å². The summed E-state index contributed by atoms with van der Waals surface area (Å²) in [5.74, 6) is 1.84. The van der Waals surface area contributed by atoms with Gasteiger partial charge in [-0.05, 0) is 50.3 Å². The Balaban J connectivity index is 2.07. The molecular weight excluding hydrogens is 222 g/mol. The van der Waals surface area contributed by atoms with Gasteiger partial charge in [0.25, 0.3) is 0 Å². The first-order chi connectivity index (χ1) is 8.69. The minimum Gasteiger partial charge on any atom is -0.492 e. The lowest BCUT2D eigenvalue weighted by Crippen LogP contribution is -2.26. The van der Waals surface area contributed by atoms with Crippen molar-refractivity contribution in [1.29, 1.82) is 0 Å². The van der Waals surface area contributed by atoms with Crippen molar-refractivity contribution in [3.8, 4) is 5.75 Å². The maximum atomic E-state index is 5.72. The predicted octanol–water partition coefficient (Wildman–Crippen LogP) is 4.38. The summed E-state index contributed by atoms with van der Waals surface area (Å²) >= 11 is 0. The van der Waals surface area contributed by atoms with E-state index in [0.29, 0.717) is 6.04 Å². The number of anilines is 1. The zero-order valence-corrected chi connectivity index (χ0v) is 11.8. The molecule has 0 radical (unpaired) electrons. The minimum absolute atomic E-state index is 0.607. The molecule has 0 bridgehead atoms. The summed E-state index contributed by atoms with van der Waals surface area (Å²) in [6.07, 6.45) is 5.28. The van der Waals surface area contributed by atoms with Gasteiger partial charge in [0.05, 0.1) is 12.3 Å². The van der Waals surface area contributed by atoms with Crippen LogP contribution in [0.3, 0.4) is 0 Å². The van der Waals surface area contributed by atoms with Crippen LogP contribution in [0.25, 0.3) is 0 Å². The average Bonchev–Trinajstić information content (AvgIpc) is 2.33. The second-order valence-corrected chi connectivity index (χ2v) is 5.55. The van der Waals surface area contributed by atoms with E-state index in [1.54, 1.807) is 0 Å². The summed E-state index contributed by atoms with van der Waals surface area (Å²) in [6.45, 7) is 7.22. The normalized spacial score (nSPS) is 23.7. The molecule has 1 aromatic carbocycles. The molecule has 1 fully saturated rings. The SMILES string of the molecule is CCOc1cc(C)ccc1NC1CCCC(C)C1. The van der Waals surface area contributed by atoms with Crippen LogP contribution in [-0.2, 0) is 0 Å². The Morgan fingerprint density at radius 3 is 2.89 bits per heavy atom. The van der Waals surface area contributed by atoms with Crippen molar-refractivity contribution >= 4 is 5.69 Å². The zero-order valence-electron chi connectivity index (χ0n) is 11.8. The molecule has 0 spiro atoms. The van der Waals surface area contributed by atoms with E-state index in [9.17, 15) is 0 Å². The third-order valence-corrected chi connectivity index (χ3v) is 3.73. The third kappa shape index (κ3) is 3.41. The maximum absolute atomic E-state index is 5.72. The Kier molecular flexibility index (Phi) is 4.51. The predicted molar refractivity (Wildman–Crippen MR) is 77.4 cm³/mol. The second kappa shape index (κ2) is 6.12. The standard InChI is InChI=1S/C16H25NO/c1-4-18-16-11-13(3)8-9-15(16)17-14-7-5-6-12(2)10-14/h8-9,11-12,14,17H,4-7,10H2,1-3H3. The molecule has 2 heteroatoms. The van der Waals surface area contributed by atoms with E-state index in [1.807, 2.05) is 6.92 Å². The smallest absolute Gasteiger partial charge is 0.142 e. The Bertz CT molecular complexity index is 389. The topological polar surface area (TPSA) is 21.3 Å². The summed E-state index contributed by atoms with van der Waals surface area (Å²) in [4.78, 5) is 0. The van der Waals surface area contributed by atoms with Crippen LogP contribution in [0.15, 0.2) is 18.2 Å². The quantitative estimate of drug-likeness (QED) is 0.852. The fraction of sp³-hybridized carbons (Fsp3) is 0.625. The Hall–Kier alpha value is -1.18. The van der Waals surface area contributed by atoms with Crippen LogP contribution in [0.1, 0.15) is 45.1 Å². The second-order valence-electron chi connectivity index (χ2n) is 5.55. The number of benzene rings is 1. The highest BCUT2D eigenvalue weighted by molar-refractivity contribution is 5.58. The van der Waals surface area contributed by atoms with E-state index in [-0.39, 0.29) is 0 Å². The summed E-state index contributed by atoms with van der Waals surface area (Å²) in [7, 11) is 0. The van der Waals surface area contributed by atoms with Crippen LogP contribution in [0.2, 0.25) is 0 Å². The van der Waals surface area contributed by atoms with Gasteiger partial charge >= 0.3 is 0 Å². The first-order valence-electron chi connectivity index (χ1n) is 7.19. The molecule has 18 heavy (non-hydrogen) atoms. The van der Waals surface area contributed by atoms with Crippen LogP contribution < -0.4 is 10.1 Å². The minimum atomic E-state index is 0.607. The van der Waals surface area contributed by atoms with Gasteiger partial charge in [0.2, 0.25) is 0 Å². The number of hydrogen-bond acceptors (Lipinski definition) is 2. The molecule has 2 nitrogen and oxygen atoms in total. The van der Waals surface area contributed by atoms with Gasteiger partial charge in [0.1, 0.15) is 5.75 Å². The van der Waals surface area contributed by atoms with Gasteiger partial charge in [-0.2, -0.15) is 0 Å². The summed E-state index contributed by atoms with van der Waals surface area (Å²) in [6, 6.07) is 7.03. The number of ether oxygens (including phenoxy) is 1. The lowest BCUT2D eigenvalue weighted by atomic mass is 9.87. The summed E-state index contributed by atoms with van der Waals surface area (Å²) in [5, 5.41) is 3.67. The molecular formula is C16H25NO. The van der Waals surface area contributed by atoms with Crippen LogP contribution in [0, 0.1) is 12.8 Å². The first-order valence-corrected chi connectivity index (χ1v) is 7.19. The highest BCUT2D eigenvalue weighted by Gasteiger charge is 2.19. The lowest BCUT2D eigenvalue weighted by Gasteiger charge is -2.29. The van der Waals surface area contributed by atoms with Crippen LogP contribution in [0.5, 0.6) is 5.75 Å². The number of rotatable bonds is 4. The van der Waals surface area contributed by atoms with Crippen LogP contribution in [0.4, 0.5) is 5.69 Å². The molecule has 2 rings (SSSR count). The lowest BCUT2D eigenvalue weighted by molar-refractivity contribution is 0.337. The molecule has 2 atom stereocenters. The highest BCUT2D eigenvalue weighted by Crippen LogP contribution is 2.31. The molecule has 0 heterocycles. The van der Waals surface area contributed by atoms with Gasteiger partial charge in [0.15, 0.2) is 0 Å². The van der Waals surface area contributed by atoms with Gasteiger partial charge < -0.3 is 10.1 Å². The van der Waals surface area contributed by atoms with E-state index < -0.39 is 0 Å². The van der Waals surface area contributed by atoms with Crippen molar-refractivity contribution in [1.82, 2.24) is 0 Å². The van der Waals surface area contributed by atoms with Gasteiger partial charge in [-0.15, -0.1) is 0 Å². The molecule has 1 saturated carbocycles. The van der Waals surface area contributed by atoms with Gasteiger partial charge in [-0.25, -0.2) is 0 Å². The fourth-order valence-electron chi connectivity index (χ4n) is 2.81.